The van der Waals surface area contributed by atoms with E-state index in [1.807, 2.05) is 0 Å². The van der Waals surface area contributed by atoms with Gasteiger partial charge in [0.1, 0.15) is 5.60 Å². The zero-order chi connectivity index (χ0) is 19.6. The molecule has 1 aromatic rings. The largest absolute Gasteiger partial charge is 0.443 e. The van der Waals surface area contributed by atoms with E-state index in [1.165, 1.54) is 0 Å². The molecule has 1 heterocycles. The zero-order valence-corrected chi connectivity index (χ0v) is 16.7. The molecule has 7 nitrogen and oxygen atoms in total. The van der Waals surface area contributed by atoms with Crippen molar-refractivity contribution in [3.8, 4) is 0 Å². The van der Waals surface area contributed by atoms with E-state index in [1.54, 1.807) is 45.9 Å². The van der Waals surface area contributed by atoms with E-state index in [9.17, 15) is 19.2 Å². The molecular weight excluding hydrogens is 404 g/mol. The summed E-state index contributed by atoms with van der Waals surface area (Å²) in [6, 6.07) is 3.66. The topological polar surface area (TPSA) is 92.8 Å². The monoisotopic (exact) mass is 424 g/mol. The molecule has 1 fully saturated rings. The quantitative estimate of drug-likeness (QED) is 0.736. The van der Waals surface area contributed by atoms with Gasteiger partial charge in [0.05, 0.1) is 0 Å². The lowest BCUT2D eigenvalue weighted by Crippen LogP contribution is -2.59. The second-order valence-corrected chi connectivity index (χ2v) is 7.86. The molecular formula is C18H21BrN2O5. The van der Waals surface area contributed by atoms with Crippen LogP contribution in [0.15, 0.2) is 22.7 Å². The number of hydrogen-bond donors (Lipinski definition) is 1. The molecule has 3 amide bonds. The van der Waals surface area contributed by atoms with Gasteiger partial charge in [-0.3, -0.25) is 14.4 Å². The molecule has 0 spiro atoms. The number of likely N-dealkylation sites (tertiary alicyclic amines) is 1. The predicted molar refractivity (Wildman–Crippen MR) is 97.7 cm³/mol. The van der Waals surface area contributed by atoms with Crippen molar-refractivity contribution in [2.45, 2.75) is 45.8 Å². The fourth-order valence-electron chi connectivity index (χ4n) is 2.47. The van der Waals surface area contributed by atoms with Crippen molar-refractivity contribution in [1.82, 2.24) is 10.2 Å². The normalized spacial score (nSPS) is 17.9. The van der Waals surface area contributed by atoms with E-state index in [-0.39, 0.29) is 13.0 Å². The number of benzene rings is 1. The van der Waals surface area contributed by atoms with Gasteiger partial charge >= 0.3 is 6.09 Å². The molecule has 1 N–H and O–H groups in total. The molecule has 26 heavy (non-hydrogen) atoms. The van der Waals surface area contributed by atoms with Crippen LogP contribution in [0.5, 0.6) is 0 Å². The minimum absolute atomic E-state index is 0.0343. The third-order valence-electron chi connectivity index (χ3n) is 3.82. The van der Waals surface area contributed by atoms with Gasteiger partial charge < -0.3 is 10.1 Å². The van der Waals surface area contributed by atoms with Crippen LogP contribution in [-0.4, -0.2) is 46.8 Å². The Labute approximate surface area is 160 Å². The second kappa shape index (κ2) is 7.57. The minimum atomic E-state index is -1.40. The summed E-state index contributed by atoms with van der Waals surface area (Å²) in [4.78, 5) is 50.3. The van der Waals surface area contributed by atoms with Crippen LogP contribution in [-0.2, 0) is 14.3 Å². The van der Waals surface area contributed by atoms with Crippen molar-refractivity contribution < 1.29 is 23.9 Å². The molecule has 0 radical (unpaired) electrons. The first-order valence-corrected chi connectivity index (χ1v) is 8.93. The maximum Gasteiger partial charge on any atom is 0.417 e. The smallest absolute Gasteiger partial charge is 0.417 e. The number of carbonyl (C=O) groups is 4. The molecule has 8 heteroatoms. The summed E-state index contributed by atoms with van der Waals surface area (Å²) in [5.41, 5.74) is 0.254. The Morgan fingerprint density at radius 3 is 2.54 bits per heavy atom. The molecule has 0 aromatic heterocycles. The van der Waals surface area contributed by atoms with Crippen LogP contribution in [0.1, 0.15) is 43.1 Å². The third kappa shape index (κ3) is 4.49. The molecule has 0 bridgehead atoms. The highest BCUT2D eigenvalue weighted by molar-refractivity contribution is 9.10. The number of ketones is 1. The Hall–Kier alpha value is -2.22. The molecule has 140 valence electrons. The number of nitrogens with one attached hydrogen (secondary N) is 1. The van der Waals surface area contributed by atoms with Gasteiger partial charge in [-0.2, -0.15) is 0 Å². The van der Waals surface area contributed by atoms with E-state index in [0.29, 0.717) is 11.1 Å². The molecule has 2 rings (SSSR count). The lowest BCUT2D eigenvalue weighted by molar-refractivity contribution is -0.141. The molecule has 0 saturated carbocycles. The van der Waals surface area contributed by atoms with Gasteiger partial charge in [0.2, 0.25) is 0 Å². The first kappa shape index (κ1) is 20.1. The number of imide groups is 1. The summed E-state index contributed by atoms with van der Waals surface area (Å²) in [5, 5.41) is 2.44. The lowest BCUT2D eigenvalue weighted by atomic mass is 10.0. The van der Waals surface area contributed by atoms with E-state index in [0.717, 1.165) is 9.37 Å². The Kier molecular flexibility index (Phi) is 5.85. The zero-order valence-electron chi connectivity index (χ0n) is 15.1. The summed E-state index contributed by atoms with van der Waals surface area (Å²) in [6.07, 6.45) is -0.860. The number of carbonyl (C=O) groups excluding carboxylic acids is 4. The molecule has 1 aliphatic rings. The van der Waals surface area contributed by atoms with Crippen LogP contribution in [0.2, 0.25) is 0 Å². The van der Waals surface area contributed by atoms with Gasteiger partial charge in [0, 0.05) is 23.0 Å². The van der Waals surface area contributed by atoms with Gasteiger partial charge in [-0.1, -0.05) is 22.0 Å². The maximum atomic E-state index is 12.6. The first-order valence-electron chi connectivity index (χ1n) is 8.14. The minimum Gasteiger partial charge on any atom is -0.443 e. The Bertz CT molecular complexity index is 769. The van der Waals surface area contributed by atoms with E-state index >= 15 is 0 Å². The summed E-state index contributed by atoms with van der Waals surface area (Å²) in [6.45, 7) is 6.73. The van der Waals surface area contributed by atoms with Crippen LogP contribution in [0, 0.1) is 6.92 Å². The number of piperidine rings is 1. The highest BCUT2D eigenvalue weighted by Crippen LogP contribution is 2.20. The van der Waals surface area contributed by atoms with Gasteiger partial charge in [-0.15, -0.1) is 0 Å². The number of amides is 3. The van der Waals surface area contributed by atoms with Crippen LogP contribution < -0.4 is 5.32 Å². The van der Waals surface area contributed by atoms with Crippen molar-refractivity contribution in [2.75, 3.05) is 6.54 Å². The SMILES string of the molecule is Cc1c(Br)cccc1C(=O)NC1C(=O)CCN(C(=O)OC(C)(C)C)C1=O. The van der Waals surface area contributed by atoms with Crippen LogP contribution >= 0.6 is 15.9 Å². The summed E-state index contributed by atoms with van der Waals surface area (Å²) >= 11 is 3.34. The Balaban J connectivity index is 2.18. The number of halogens is 1. The van der Waals surface area contributed by atoms with Gasteiger partial charge in [-0.25, -0.2) is 9.69 Å². The van der Waals surface area contributed by atoms with Crippen LogP contribution in [0.25, 0.3) is 0 Å². The highest BCUT2D eigenvalue weighted by Gasteiger charge is 2.41. The number of hydrogen-bond acceptors (Lipinski definition) is 5. The van der Waals surface area contributed by atoms with E-state index in [2.05, 4.69) is 21.2 Å². The van der Waals surface area contributed by atoms with Crippen molar-refractivity contribution >= 4 is 39.6 Å². The van der Waals surface area contributed by atoms with Crippen molar-refractivity contribution in [3.05, 3.63) is 33.8 Å². The van der Waals surface area contributed by atoms with Crippen LogP contribution in [0.3, 0.4) is 0 Å². The summed E-state index contributed by atoms with van der Waals surface area (Å²) in [5.74, 6) is -1.77. The molecule has 1 saturated heterocycles. The molecule has 1 aliphatic heterocycles. The molecule has 0 aliphatic carbocycles. The average Bonchev–Trinajstić information content (AvgIpc) is 2.52. The van der Waals surface area contributed by atoms with E-state index in [4.69, 9.17) is 4.74 Å². The fraction of sp³-hybridized carbons (Fsp3) is 0.444. The fourth-order valence-corrected chi connectivity index (χ4v) is 2.84. The Morgan fingerprint density at radius 2 is 1.92 bits per heavy atom. The summed E-state index contributed by atoms with van der Waals surface area (Å²) < 4.78 is 5.93. The lowest BCUT2D eigenvalue weighted by Gasteiger charge is -2.32. The van der Waals surface area contributed by atoms with Crippen molar-refractivity contribution in [1.29, 1.82) is 0 Å². The number of Topliss-reactive ketones (excluding diaryl/α,β-unsaturated/α-hetero) is 1. The third-order valence-corrected chi connectivity index (χ3v) is 4.68. The van der Waals surface area contributed by atoms with Crippen LogP contribution in [0.4, 0.5) is 4.79 Å². The number of nitrogens with zero attached hydrogens (tertiary/aromatic N) is 1. The predicted octanol–water partition coefficient (Wildman–Crippen LogP) is 2.59. The average molecular weight is 425 g/mol. The number of rotatable bonds is 2. The van der Waals surface area contributed by atoms with Gasteiger partial charge in [0.25, 0.3) is 11.8 Å². The molecule has 1 unspecified atom stereocenters. The Morgan fingerprint density at radius 1 is 1.27 bits per heavy atom. The first-order chi connectivity index (χ1) is 12.0. The van der Waals surface area contributed by atoms with Gasteiger partial charge in [-0.05, 0) is 45.4 Å². The standard InChI is InChI=1S/C18H21BrN2O5/c1-10-11(6-5-7-12(10)19)15(23)20-14-13(22)8-9-21(16(14)24)17(25)26-18(2,3)4/h5-7,14H,8-9H2,1-4H3,(H,20,23). The highest BCUT2D eigenvalue weighted by atomic mass is 79.9. The molecule has 1 atom stereocenters. The maximum absolute atomic E-state index is 12.6. The van der Waals surface area contributed by atoms with E-state index < -0.39 is 35.3 Å². The van der Waals surface area contributed by atoms with Crippen molar-refractivity contribution in [3.63, 3.8) is 0 Å². The summed E-state index contributed by atoms with van der Waals surface area (Å²) in [7, 11) is 0. The van der Waals surface area contributed by atoms with Crippen molar-refractivity contribution in [2.24, 2.45) is 0 Å². The number of ether oxygens (including phenoxy) is 1. The second-order valence-electron chi connectivity index (χ2n) is 7.01. The molecule has 1 aromatic carbocycles. The van der Waals surface area contributed by atoms with Gasteiger partial charge in [0.15, 0.2) is 11.8 Å².